The van der Waals surface area contributed by atoms with Gasteiger partial charge in [-0.05, 0) is 136 Å². The second kappa shape index (κ2) is 9.11. The van der Waals surface area contributed by atoms with Crippen LogP contribution < -0.4 is 9.47 Å². The Morgan fingerprint density at radius 1 is 0.660 bits per heavy atom. The number of nitrogens with zero attached hydrogens (tertiary/aromatic N) is 2. The highest BCUT2D eigenvalue weighted by atomic mass is 16.5. The van der Waals surface area contributed by atoms with E-state index in [-0.39, 0.29) is 35.8 Å². The van der Waals surface area contributed by atoms with Crippen LogP contribution in [0.4, 0.5) is 0 Å². The summed E-state index contributed by atoms with van der Waals surface area (Å²) in [5, 5.41) is 50.1. The molecule has 8 heteroatoms. The molecule has 2 spiro atoms. The van der Waals surface area contributed by atoms with E-state index in [1.165, 1.54) is 25.7 Å². The molecule has 4 heterocycles. The Bertz CT molecular complexity index is 1830. The van der Waals surface area contributed by atoms with Gasteiger partial charge in [0.2, 0.25) is 0 Å². The maximum absolute atomic E-state index is 12.8. The summed E-state index contributed by atoms with van der Waals surface area (Å²) in [6, 6.07) is 4.10. The fourth-order valence-corrected chi connectivity index (χ4v) is 13.3. The van der Waals surface area contributed by atoms with E-state index >= 15 is 0 Å². The first kappa shape index (κ1) is 29.5. The number of aliphatic hydroxyl groups is 2. The van der Waals surface area contributed by atoms with Crippen molar-refractivity contribution in [3.8, 4) is 34.1 Å². The lowest BCUT2D eigenvalue weighted by molar-refractivity contribution is -0.174. The van der Waals surface area contributed by atoms with Gasteiger partial charge >= 0.3 is 0 Å². The van der Waals surface area contributed by atoms with E-state index in [2.05, 4.69) is 35.1 Å². The summed E-state index contributed by atoms with van der Waals surface area (Å²) in [7, 11) is 0. The van der Waals surface area contributed by atoms with Crippen LogP contribution in [0.25, 0.3) is 11.1 Å². The van der Waals surface area contributed by atoms with Crippen molar-refractivity contribution in [2.75, 3.05) is 26.2 Å². The number of benzene rings is 2. The molecule has 50 heavy (non-hydrogen) atoms. The van der Waals surface area contributed by atoms with Gasteiger partial charge in [0.25, 0.3) is 0 Å². The molecule has 2 aromatic carbocycles. The van der Waals surface area contributed by atoms with Crippen LogP contribution in [0.5, 0.6) is 23.0 Å². The molecule has 2 saturated heterocycles. The molecule has 4 aliphatic heterocycles. The molecular formula is C42H48N2O6. The maximum Gasteiger partial charge on any atom is 0.166 e. The Morgan fingerprint density at radius 3 is 1.48 bits per heavy atom. The topological polar surface area (TPSA) is 106 Å². The fraction of sp³-hybridized carbons (Fsp3) is 0.619. The normalized spacial score (nSPS) is 41.8. The molecule has 10 aliphatic rings. The van der Waals surface area contributed by atoms with Gasteiger partial charge in [-0.25, -0.2) is 0 Å². The molecule has 4 N–H and O–H groups in total. The first-order chi connectivity index (χ1) is 24.1. The minimum absolute atomic E-state index is 0.0184. The molecule has 8 nitrogen and oxygen atoms in total. The molecule has 0 amide bonds. The molecular weight excluding hydrogens is 628 g/mol. The number of aromatic hydroxyl groups is 2. The third-order valence-corrected chi connectivity index (χ3v) is 15.9. The second-order valence-electron chi connectivity index (χ2n) is 18.2. The number of rotatable bonds is 5. The lowest BCUT2D eigenvalue weighted by Crippen LogP contribution is -2.75. The first-order valence-corrected chi connectivity index (χ1v) is 19.5. The molecule has 262 valence electrons. The molecule has 0 aromatic heterocycles. The molecule has 0 unspecified atom stereocenters. The average Bonchev–Trinajstić information content (AvgIpc) is 4.02. The quantitative estimate of drug-likeness (QED) is 0.328. The smallest absolute Gasteiger partial charge is 0.166 e. The molecule has 4 saturated carbocycles. The highest BCUT2D eigenvalue weighted by molar-refractivity contribution is 5.86. The van der Waals surface area contributed by atoms with Crippen LogP contribution >= 0.6 is 0 Å². The molecule has 0 radical (unpaired) electrons. The molecule has 12 rings (SSSR count). The van der Waals surface area contributed by atoms with Crippen LogP contribution in [0.3, 0.4) is 0 Å². The van der Waals surface area contributed by atoms with E-state index in [1.807, 2.05) is 0 Å². The monoisotopic (exact) mass is 676 g/mol. The van der Waals surface area contributed by atoms with Gasteiger partial charge < -0.3 is 29.9 Å². The second-order valence-corrected chi connectivity index (χ2v) is 18.2. The summed E-state index contributed by atoms with van der Waals surface area (Å²) in [5.41, 5.74) is 4.01. The minimum atomic E-state index is -0.954. The summed E-state index contributed by atoms with van der Waals surface area (Å²) in [6.45, 7) is 12.8. The number of likely N-dealkylation sites (tertiary alicyclic amines) is 2. The number of piperidine rings is 2. The maximum atomic E-state index is 12.8. The molecule has 8 atom stereocenters. The van der Waals surface area contributed by atoms with Gasteiger partial charge in [-0.3, -0.25) is 9.80 Å². The number of hydrogen-bond donors (Lipinski definition) is 4. The van der Waals surface area contributed by atoms with Crippen LogP contribution in [0.1, 0.15) is 86.5 Å². The van der Waals surface area contributed by atoms with E-state index in [9.17, 15) is 20.4 Å². The summed E-state index contributed by atoms with van der Waals surface area (Å²) < 4.78 is 13.6. The van der Waals surface area contributed by atoms with Crippen molar-refractivity contribution in [1.29, 1.82) is 0 Å². The highest BCUT2D eigenvalue weighted by Crippen LogP contribution is 2.70. The zero-order valence-corrected chi connectivity index (χ0v) is 28.8. The minimum Gasteiger partial charge on any atom is -0.504 e. The fourth-order valence-electron chi connectivity index (χ4n) is 13.3. The van der Waals surface area contributed by atoms with Gasteiger partial charge in [0.1, 0.15) is 12.2 Å². The van der Waals surface area contributed by atoms with Crippen LogP contribution in [0, 0.1) is 11.8 Å². The Hall–Kier alpha value is -3.04. The number of phenolic OH excluding ortho intramolecular Hbond substituents is 2. The summed E-state index contributed by atoms with van der Waals surface area (Å²) in [5.74, 6) is 2.37. The van der Waals surface area contributed by atoms with Crippen molar-refractivity contribution < 1.29 is 29.9 Å². The van der Waals surface area contributed by atoms with Crippen LogP contribution in [-0.2, 0) is 23.7 Å². The number of phenols is 2. The zero-order chi connectivity index (χ0) is 33.7. The van der Waals surface area contributed by atoms with E-state index in [1.54, 1.807) is 0 Å². The zero-order valence-electron chi connectivity index (χ0n) is 28.8. The summed E-state index contributed by atoms with van der Waals surface area (Å²) in [6.07, 6.45) is 9.91. The number of hydrogen-bond acceptors (Lipinski definition) is 8. The van der Waals surface area contributed by atoms with Crippen molar-refractivity contribution in [2.24, 2.45) is 11.8 Å². The highest BCUT2D eigenvalue weighted by Gasteiger charge is 2.74. The Labute approximate surface area is 293 Å². The Morgan fingerprint density at radius 2 is 1.08 bits per heavy atom. The van der Waals surface area contributed by atoms with Crippen LogP contribution in [0.2, 0.25) is 0 Å². The van der Waals surface area contributed by atoms with Crippen molar-refractivity contribution in [2.45, 2.75) is 123 Å². The lowest BCUT2D eigenvalue weighted by atomic mass is 9.48. The van der Waals surface area contributed by atoms with Gasteiger partial charge in [-0.2, -0.15) is 0 Å². The largest absolute Gasteiger partial charge is 0.504 e. The predicted octanol–water partition coefficient (Wildman–Crippen LogP) is 5.01. The summed E-state index contributed by atoms with van der Waals surface area (Å²) >= 11 is 0. The summed E-state index contributed by atoms with van der Waals surface area (Å²) in [4.78, 5) is 5.10. The van der Waals surface area contributed by atoms with E-state index in [4.69, 9.17) is 9.47 Å². The van der Waals surface area contributed by atoms with Crippen molar-refractivity contribution in [3.05, 3.63) is 58.7 Å². The van der Waals surface area contributed by atoms with Crippen molar-refractivity contribution >= 4 is 0 Å². The van der Waals surface area contributed by atoms with Crippen LogP contribution in [0.15, 0.2) is 36.4 Å². The van der Waals surface area contributed by atoms with Gasteiger partial charge in [-0.1, -0.05) is 13.2 Å². The third kappa shape index (κ3) is 3.19. The number of ether oxygens (including phenoxy) is 2. The van der Waals surface area contributed by atoms with Crippen LogP contribution in [-0.4, -0.2) is 91.9 Å². The SMILES string of the molecule is C=C1CC[C@@]2(O)[C@@H]3Cc4cc(-c5cc6c7c(c5O)O[C@H]5C(=C)CC[C@@]8(O)[C@@H](C6)N(CC6CC6)CC[C@]758)c(O)c5c4[C@@]2(CCN3CC2CC2)[C@H]1O5. The molecule has 6 fully saturated rings. The molecule has 6 aliphatic carbocycles. The predicted molar refractivity (Wildman–Crippen MR) is 187 cm³/mol. The van der Waals surface area contributed by atoms with Gasteiger partial charge in [0, 0.05) is 47.4 Å². The lowest BCUT2D eigenvalue weighted by Gasteiger charge is -2.63. The van der Waals surface area contributed by atoms with E-state index in [0.29, 0.717) is 73.0 Å². The first-order valence-electron chi connectivity index (χ1n) is 19.5. The van der Waals surface area contributed by atoms with Gasteiger partial charge in [0.15, 0.2) is 23.0 Å². The van der Waals surface area contributed by atoms with Gasteiger partial charge in [-0.15, -0.1) is 0 Å². The van der Waals surface area contributed by atoms with E-state index in [0.717, 1.165) is 72.4 Å². The Balaban J connectivity index is 1.04. The van der Waals surface area contributed by atoms with E-state index < -0.39 is 22.0 Å². The van der Waals surface area contributed by atoms with Gasteiger partial charge in [0.05, 0.1) is 22.0 Å². The van der Waals surface area contributed by atoms with Crippen molar-refractivity contribution in [3.63, 3.8) is 0 Å². The Kier molecular flexibility index (Phi) is 5.38. The average molecular weight is 677 g/mol. The third-order valence-electron chi connectivity index (χ3n) is 15.9. The molecule has 4 bridgehead atoms. The standard InChI is InChI=1S/C42H48N2O6/c1-21-7-9-41(47)29-17-25-15-27(33(45)35-31(25)39(41,37(21)49-35)11-13-43(29)19-23-3-4-23)28-16-26-18-30-42(48)10-8-22(2)38-40(42,32(26)36(50-38)34(28)46)12-14-44(30)20-24-5-6-24/h15-16,23-24,29-30,37-38,45-48H,1-14,17-20H2/t29-,30+,37-,38-,39-,40-,41+,42+/m0/s1. The molecule has 2 aromatic rings. The van der Waals surface area contributed by atoms with Crippen molar-refractivity contribution in [1.82, 2.24) is 9.80 Å².